The van der Waals surface area contributed by atoms with E-state index in [4.69, 9.17) is 0 Å². The molecule has 6 nitrogen and oxygen atoms in total. The van der Waals surface area contributed by atoms with Gasteiger partial charge in [0.2, 0.25) is 5.91 Å². The van der Waals surface area contributed by atoms with Gasteiger partial charge in [0.05, 0.1) is 22.0 Å². The molecular weight excluding hydrogens is 510 g/mol. The molecule has 0 aliphatic heterocycles. The number of rotatable bonds is 8. The third-order valence-electron chi connectivity index (χ3n) is 12.1. The second-order valence-electron chi connectivity index (χ2n) is 14.0. The predicted octanol–water partition coefficient (Wildman–Crippen LogP) is 6.00. The molecule has 1 amide bonds. The van der Waals surface area contributed by atoms with Gasteiger partial charge in [0.15, 0.2) is 0 Å². The molecule has 0 spiro atoms. The van der Waals surface area contributed by atoms with Gasteiger partial charge in [-0.3, -0.25) is 4.79 Å². The van der Waals surface area contributed by atoms with Crippen LogP contribution < -0.4 is 4.90 Å². The van der Waals surface area contributed by atoms with Crippen molar-refractivity contribution in [1.82, 2.24) is 0 Å². The fourth-order valence-electron chi connectivity index (χ4n) is 10.1. The average Bonchev–Trinajstić information content (AvgIpc) is 3.25. The van der Waals surface area contributed by atoms with E-state index in [-0.39, 0.29) is 18.6 Å². The fraction of sp³-hybridized carbons (Fsp3) is 0.781. The number of fused-ring (bicyclic) bond motifs is 5. The van der Waals surface area contributed by atoms with E-state index >= 15 is 0 Å². The predicted molar refractivity (Wildman–Crippen MR) is 153 cm³/mol. The van der Waals surface area contributed by atoms with E-state index in [0.29, 0.717) is 40.7 Å². The Kier molecular flexibility index (Phi) is 8.27. The summed E-state index contributed by atoms with van der Waals surface area (Å²) in [7, 11) is -4.41. The molecule has 7 heteroatoms. The number of aliphatic hydroxyl groups is 1. The Morgan fingerprint density at radius 3 is 2.44 bits per heavy atom. The molecule has 1 aromatic rings. The van der Waals surface area contributed by atoms with Gasteiger partial charge in [0.1, 0.15) is 0 Å². The van der Waals surface area contributed by atoms with E-state index in [1.54, 1.807) is 12.1 Å². The number of benzene rings is 1. The molecule has 4 aliphatic carbocycles. The molecule has 4 saturated carbocycles. The van der Waals surface area contributed by atoms with Crippen molar-refractivity contribution >= 4 is 21.7 Å². The summed E-state index contributed by atoms with van der Waals surface area (Å²) in [5.74, 6) is 3.35. The van der Waals surface area contributed by atoms with Gasteiger partial charge >= 0.3 is 0 Å². The number of anilines is 1. The summed E-state index contributed by atoms with van der Waals surface area (Å²) in [4.78, 5) is 14.8. The number of amides is 1. The lowest BCUT2D eigenvalue weighted by Gasteiger charge is -2.61. The zero-order valence-corrected chi connectivity index (χ0v) is 24.9. The number of hydrogen-bond donors (Lipinski definition) is 1. The van der Waals surface area contributed by atoms with Crippen LogP contribution in [0.4, 0.5) is 5.69 Å². The molecule has 0 unspecified atom stereocenters. The van der Waals surface area contributed by atoms with E-state index < -0.39 is 15.9 Å². The average molecular weight is 559 g/mol. The molecule has 0 heterocycles. The zero-order chi connectivity index (χ0) is 28.0. The van der Waals surface area contributed by atoms with Crippen LogP contribution >= 0.6 is 0 Å². The molecule has 1 N–H and O–H groups in total. The fourth-order valence-corrected chi connectivity index (χ4v) is 10.5. The molecule has 0 aromatic heterocycles. The number of hydrogen-bond acceptors (Lipinski definition) is 5. The lowest BCUT2D eigenvalue weighted by atomic mass is 9.44. The van der Waals surface area contributed by atoms with Crippen LogP contribution in [0.25, 0.3) is 0 Å². The smallest absolute Gasteiger partial charge is 0.227 e. The van der Waals surface area contributed by atoms with Crippen LogP contribution in [0, 0.1) is 46.3 Å². The first kappa shape index (κ1) is 29.1. The van der Waals surface area contributed by atoms with Crippen molar-refractivity contribution in [2.75, 3.05) is 17.2 Å². The highest BCUT2D eigenvalue weighted by molar-refractivity contribution is 7.85. The van der Waals surface area contributed by atoms with Gasteiger partial charge in [-0.2, -0.15) is 0 Å². The first-order valence-electron chi connectivity index (χ1n) is 15.4. The maximum Gasteiger partial charge on any atom is 0.227 e. The van der Waals surface area contributed by atoms with E-state index in [1.807, 2.05) is 18.2 Å². The molecular formula is C32H48NO5S-. The van der Waals surface area contributed by atoms with Crippen LogP contribution in [-0.4, -0.2) is 42.4 Å². The number of carbonyl (C=O) groups is 1. The highest BCUT2D eigenvalue weighted by atomic mass is 32.2. The number of para-hydroxylation sites is 1. The minimum absolute atomic E-state index is 0.101. The summed E-state index contributed by atoms with van der Waals surface area (Å²) < 4.78 is 33.9. The van der Waals surface area contributed by atoms with Crippen LogP contribution in [0.1, 0.15) is 91.4 Å². The highest BCUT2D eigenvalue weighted by Gasteiger charge is 2.60. The van der Waals surface area contributed by atoms with Crippen molar-refractivity contribution < 1.29 is 22.9 Å². The molecule has 0 saturated heterocycles. The Bertz CT molecular complexity index is 1120. The van der Waals surface area contributed by atoms with Crippen molar-refractivity contribution in [2.45, 2.75) is 97.5 Å². The first-order valence-corrected chi connectivity index (χ1v) is 17.0. The zero-order valence-electron chi connectivity index (χ0n) is 24.1. The van der Waals surface area contributed by atoms with Crippen LogP contribution in [0.15, 0.2) is 30.3 Å². The minimum Gasteiger partial charge on any atom is -0.748 e. The van der Waals surface area contributed by atoms with Gasteiger partial charge in [0, 0.05) is 18.7 Å². The van der Waals surface area contributed by atoms with Gasteiger partial charge in [-0.25, -0.2) is 8.42 Å². The monoisotopic (exact) mass is 558 g/mol. The molecule has 1 aromatic carbocycles. The largest absolute Gasteiger partial charge is 0.748 e. The van der Waals surface area contributed by atoms with E-state index in [1.165, 1.54) is 49.8 Å². The van der Waals surface area contributed by atoms with E-state index in [9.17, 15) is 22.9 Å². The van der Waals surface area contributed by atoms with Crippen molar-refractivity contribution in [3.05, 3.63) is 30.3 Å². The highest BCUT2D eigenvalue weighted by Crippen LogP contribution is 2.68. The summed E-state index contributed by atoms with van der Waals surface area (Å²) in [6.07, 6.45) is 11.9. The molecule has 5 rings (SSSR count). The third-order valence-corrected chi connectivity index (χ3v) is 12.8. The van der Waals surface area contributed by atoms with Gasteiger partial charge in [-0.05, 0) is 123 Å². The van der Waals surface area contributed by atoms with Crippen molar-refractivity contribution in [1.29, 1.82) is 0 Å². The van der Waals surface area contributed by atoms with Crippen molar-refractivity contribution in [3.8, 4) is 0 Å². The Hall–Kier alpha value is -1.44. The van der Waals surface area contributed by atoms with Crippen LogP contribution in [-0.2, 0) is 14.9 Å². The maximum absolute atomic E-state index is 13.3. The first-order chi connectivity index (χ1) is 18.4. The Labute approximate surface area is 235 Å². The second kappa shape index (κ2) is 11.1. The van der Waals surface area contributed by atoms with Crippen molar-refractivity contribution in [2.24, 2.45) is 46.3 Å². The van der Waals surface area contributed by atoms with E-state index in [0.717, 1.165) is 37.0 Å². The normalized spacial score (nSPS) is 38.8. The molecule has 9 atom stereocenters. The summed E-state index contributed by atoms with van der Waals surface area (Å²) in [6.45, 7) is 7.29. The van der Waals surface area contributed by atoms with Gasteiger partial charge in [0.25, 0.3) is 0 Å². The lowest BCUT2D eigenvalue weighted by molar-refractivity contribution is -0.129. The van der Waals surface area contributed by atoms with Crippen LogP contribution in [0.3, 0.4) is 0 Å². The summed E-state index contributed by atoms with van der Waals surface area (Å²) in [5, 5.41) is 10.3. The number of aliphatic hydroxyl groups excluding tert-OH is 1. The second-order valence-corrected chi connectivity index (χ2v) is 15.5. The molecule has 4 aliphatic rings. The van der Waals surface area contributed by atoms with Crippen LogP contribution in [0.2, 0.25) is 0 Å². The van der Waals surface area contributed by atoms with Gasteiger partial charge in [-0.15, -0.1) is 0 Å². The van der Waals surface area contributed by atoms with Crippen LogP contribution in [0.5, 0.6) is 0 Å². The molecule has 218 valence electrons. The topological polar surface area (TPSA) is 97.7 Å². The van der Waals surface area contributed by atoms with Gasteiger partial charge in [-0.1, -0.05) is 39.0 Å². The standard InChI is InChI=1S/C32H49NO5S/c1-22(9-14-30(35)33(19-20-39(36,37)38)24-7-5-4-6-8-24)27-12-13-28-26-11-10-23-21-25(34)15-17-31(23,2)29(26)16-18-32(27,28)3/h4-8,22-23,25-29,34H,9-21H2,1-3H3,(H,36,37,38)/p-1/t22-,23-,25-,26+,27-,28+,29+,31+,32-/m1/s1. The SMILES string of the molecule is C[C@H](CCC(=O)N(CCS(=O)(=O)[O-])c1ccccc1)[C@H]1CC[C@H]2[C@@H]3CC[C@@H]4C[C@H](O)CC[C@]4(C)[C@H]3CC[C@]12C. The van der Waals surface area contributed by atoms with Crippen molar-refractivity contribution in [3.63, 3.8) is 0 Å². The third kappa shape index (κ3) is 5.70. The molecule has 0 bridgehead atoms. The van der Waals surface area contributed by atoms with E-state index in [2.05, 4.69) is 20.8 Å². The van der Waals surface area contributed by atoms with Gasteiger partial charge < -0.3 is 14.6 Å². The molecule has 0 radical (unpaired) electrons. The maximum atomic E-state index is 13.3. The molecule has 4 fully saturated rings. The minimum atomic E-state index is -4.41. The summed E-state index contributed by atoms with van der Waals surface area (Å²) in [5.41, 5.74) is 1.35. The molecule has 39 heavy (non-hydrogen) atoms. The number of nitrogens with zero attached hydrogens (tertiary/aromatic N) is 1. The lowest BCUT2D eigenvalue weighted by Crippen LogP contribution is -2.54. The quantitative estimate of drug-likeness (QED) is 0.395. The number of carbonyl (C=O) groups excluding carboxylic acids is 1. The summed E-state index contributed by atoms with van der Waals surface area (Å²) in [6, 6.07) is 9.09. The summed E-state index contributed by atoms with van der Waals surface area (Å²) >= 11 is 0. The Morgan fingerprint density at radius 1 is 1.03 bits per heavy atom. The Balaban J connectivity index is 1.24. The Morgan fingerprint density at radius 2 is 1.72 bits per heavy atom.